The molecule has 3 heterocycles. The van der Waals surface area contributed by atoms with Crippen molar-refractivity contribution < 1.29 is 0 Å². The number of allylic oxidation sites excluding steroid dienone is 2. The Morgan fingerprint density at radius 2 is 0.863 bits per heavy atom. The molecule has 0 amide bonds. The Hall–Kier alpha value is -10.1. The first-order valence-corrected chi connectivity index (χ1v) is 27.6. The predicted molar refractivity (Wildman–Crippen MR) is 339 cm³/mol. The first-order chi connectivity index (χ1) is 39.4. The minimum atomic E-state index is 0.473. The average Bonchev–Trinajstić information content (AvgIpc) is 3.70. The standard InChI is InChI=1S/C64H44N4.C9H9N.C2H6/c1-5-15-45-29-49(25-21-41(45)11-1)60-36-56(37-61(66-60)50-26-22-42-12-2-6-16-46(42)30-50)54-33-55(35-58(34-54)64-65-40-53-19-9-10-20-59(53)68-64)57-38-62(51-27-23-43-13-3-7-17-47(43)31-51)67-63(39-57)52-28-24-44-14-4-8-18-48(44)32-52;1-2-9(10)8-6-4-3-5-7-8;1-2/h1-7,9-17,19-39H,8,18,40H2,(H,65,68);2-7,10H,1H2;1-2H3. The summed E-state index contributed by atoms with van der Waals surface area (Å²) in [5, 5.41) is 18.2. The van der Waals surface area contributed by atoms with E-state index in [0.717, 1.165) is 103 Å². The van der Waals surface area contributed by atoms with Crippen LogP contribution in [0, 0.1) is 5.41 Å². The summed E-state index contributed by atoms with van der Waals surface area (Å²) in [4.78, 5) is 16.1. The number of benzene rings is 10. The molecule has 2 aliphatic rings. The van der Waals surface area contributed by atoms with Crippen molar-refractivity contribution in [1.82, 2.24) is 15.3 Å². The number of para-hydroxylation sites is 1. The molecule has 384 valence electrons. The molecule has 0 bridgehead atoms. The van der Waals surface area contributed by atoms with Crippen molar-refractivity contribution in [2.45, 2.75) is 33.2 Å². The van der Waals surface area contributed by atoms with Crippen molar-refractivity contribution in [2.75, 3.05) is 0 Å². The molecule has 10 aromatic carbocycles. The van der Waals surface area contributed by atoms with Crippen LogP contribution in [-0.4, -0.2) is 21.5 Å². The monoisotopic (exact) mass is 1030 g/mol. The molecule has 1 aliphatic heterocycles. The summed E-state index contributed by atoms with van der Waals surface area (Å²) < 4.78 is 0. The van der Waals surface area contributed by atoms with Gasteiger partial charge in [0.15, 0.2) is 0 Å². The third-order valence-electron chi connectivity index (χ3n) is 14.9. The molecule has 0 atom stereocenters. The third-order valence-corrected chi connectivity index (χ3v) is 14.9. The molecule has 1 aliphatic carbocycles. The summed E-state index contributed by atoms with van der Waals surface area (Å²) >= 11 is 0. The van der Waals surface area contributed by atoms with Gasteiger partial charge in [0.05, 0.1) is 34.2 Å². The van der Waals surface area contributed by atoms with Gasteiger partial charge in [0.25, 0.3) is 0 Å². The van der Waals surface area contributed by atoms with Crippen molar-refractivity contribution in [3.8, 4) is 67.3 Å². The predicted octanol–water partition coefficient (Wildman–Crippen LogP) is 19.3. The highest BCUT2D eigenvalue weighted by Crippen LogP contribution is 2.39. The molecule has 5 nitrogen and oxygen atoms in total. The van der Waals surface area contributed by atoms with Gasteiger partial charge < -0.3 is 10.7 Å². The van der Waals surface area contributed by atoms with E-state index in [-0.39, 0.29) is 0 Å². The first kappa shape index (κ1) is 50.7. The van der Waals surface area contributed by atoms with Crippen LogP contribution in [0.25, 0.3) is 106 Å². The molecule has 5 heteroatoms. The highest BCUT2D eigenvalue weighted by molar-refractivity contribution is 6.06. The number of hydrogen-bond acceptors (Lipinski definition) is 5. The molecular formula is C75H59N5. The van der Waals surface area contributed by atoms with Crippen LogP contribution in [0.3, 0.4) is 0 Å². The van der Waals surface area contributed by atoms with E-state index in [4.69, 9.17) is 20.4 Å². The van der Waals surface area contributed by atoms with E-state index in [2.05, 4.69) is 236 Å². The van der Waals surface area contributed by atoms with E-state index in [1.807, 2.05) is 44.2 Å². The number of fused-ring (bicyclic) bond motifs is 5. The van der Waals surface area contributed by atoms with Gasteiger partial charge >= 0.3 is 0 Å². The van der Waals surface area contributed by atoms with Gasteiger partial charge in [0.1, 0.15) is 5.84 Å². The summed E-state index contributed by atoms with van der Waals surface area (Å²) in [7, 11) is 0. The minimum Gasteiger partial charge on any atom is -0.365 e. The maximum absolute atomic E-state index is 7.36. The van der Waals surface area contributed by atoms with Gasteiger partial charge in [-0.2, -0.15) is 0 Å². The molecule has 0 radical (unpaired) electrons. The Kier molecular flexibility index (Phi) is 14.5. The van der Waals surface area contributed by atoms with E-state index in [1.165, 1.54) is 55.1 Å². The van der Waals surface area contributed by atoms with E-state index in [9.17, 15) is 0 Å². The van der Waals surface area contributed by atoms with Crippen LogP contribution < -0.4 is 5.32 Å². The lowest BCUT2D eigenvalue weighted by atomic mass is 9.91. The van der Waals surface area contributed by atoms with Crippen molar-refractivity contribution in [3.63, 3.8) is 0 Å². The maximum Gasteiger partial charge on any atom is 0.134 e. The Labute approximate surface area is 468 Å². The van der Waals surface area contributed by atoms with Crippen molar-refractivity contribution in [3.05, 3.63) is 289 Å². The molecule has 0 unspecified atom stereocenters. The van der Waals surface area contributed by atoms with Crippen molar-refractivity contribution in [2.24, 2.45) is 4.99 Å². The van der Waals surface area contributed by atoms with Crippen molar-refractivity contribution >= 4 is 55.6 Å². The van der Waals surface area contributed by atoms with Crippen LogP contribution in [0.15, 0.2) is 266 Å². The highest BCUT2D eigenvalue weighted by Gasteiger charge is 2.19. The largest absolute Gasteiger partial charge is 0.365 e. The molecule has 0 saturated heterocycles. The molecule has 0 spiro atoms. The highest BCUT2D eigenvalue weighted by atomic mass is 15.0. The number of aromatic nitrogens is 2. The zero-order chi connectivity index (χ0) is 54.4. The Bertz CT molecular complexity index is 4280. The third kappa shape index (κ3) is 10.8. The SMILES string of the molecule is C1=Cc2ccc(-c3cc(-c4cc(C5=Nc6ccccc6CN5)cc(-c5cc(-c6ccc7ccccc7c6)nc(-c6ccc7ccccc7c6)c5)c4)cc(-c4ccc5ccccc5c4)n3)cc2CC1.C=CC(=N)c1ccccc1.CC. The second-order valence-electron chi connectivity index (χ2n) is 20.0. The van der Waals surface area contributed by atoms with Crippen LogP contribution in [0.2, 0.25) is 0 Å². The van der Waals surface area contributed by atoms with Crippen molar-refractivity contribution in [1.29, 1.82) is 5.41 Å². The zero-order valence-electron chi connectivity index (χ0n) is 45.0. The second kappa shape index (κ2) is 22.9. The Morgan fingerprint density at radius 3 is 1.39 bits per heavy atom. The van der Waals surface area contributed by atoms with Gasteiger partial charge in [-0.1, -0.05) is 202 Å². The summed E-state index contributed by atoms with van der Waals surface area (Å²) in [5.41, 5.74) is 19.5. The number of rotatable bonds is 9. The quantitative estimate of drug-likeness (QED) is 0.142. The van der Waals surface area contributed by atoms with E-state index in [1.54, 1.807) is 0 Å². The van der Waals surface area contributed by atoms with Crippen LogP contribution in [-0.2, 0) is 13.0 Å². The van der Waals surface area contributed by atoms with Gasteiger partial charge in [-0.25, -0.2) is 15.0 Å². The van der Waals surface area contributed by atoms with Gasteiger partial charge in [-0.3, -0.25) is 0 Å². The molecule has 0 saturated carbocycles. The van der Waals surface area contributed by atoms with Gasteiger partial charge in [-0.05, 0) is 169 Å². The Balaban J connectivity index is 0.000000478. The number of aryl methyl sites for hydroxylation is 1. The lowest BCUT2D eigenvalue weighted by molar-refractivity contribution is 0.893. The average molecular weight is 1030 g/mol. The lowest BCUT2D eigenvalue weighted by Gasteiger charge is -2.20. The number of hydrogen-bond donors (Lipinski definition) is 2. The number of pyridine rings is 2. The first-order valence-electron chi connectivity index (χ1n) is 27.6. The zero-order valence-corrected chi connectivity index (χ0v) is 45.0. The fourth-order valence-corrected chi connectivity index (χ4v) is 10.7. The minimum absolute atomic E-state index is 0.473. The summed E-state index contributed by atoms with van der Waals surface area (Å²) in [6.45, 7) is 8.21. The van der Waals surface area contributed by atoms with Crippen LogP contribution >= 0.6 is 0 Å². The van der Waals surface area contributed by atoms with E-state index >= 15 is 0 Å². The summed E-state index contributed by atoms with van der Waals surface area (Å²) in [5.74, 6) is 0.845. The van der Waals surface area contributed by atoms with Crippen LogP contribution in [0.1, 0.15) is 48.1 Å². The van der Waals surface area contributed by atoms with Gasteiger partial charge in [0, 0.05) is 34.4 Å². The molecule has 0 fully saturated rings. The summed E-state index contributed by atoms with van der Waals surface area (Å²) in [6.07, 6.45) is 8.12. The van der Waals surface area contributed by atoms with E-state index in [0.29, 0.717) is 12.3 Å². The smallest absolute Gasteiger partial charge is 0.134 e. The number of amidine groups is 1. The fourth-order valence-electron chi connectivity index (χ4n) is 10.7. The molecule has 12 aromatic rings. The molecule has 2 aromatic heterocycles. The second-order valence-corrected chi connectivity index (χ2v) is 20.0. The molecular weight excluding hydrogens is 971 g/mol. The van der Waals surface area contributed by atoms with E-state index < -0.39 is 0 Å². The van der Waals surface area contributed by atoms with Crippen LogP contribution in [0.4, 0.5) is 5.69 Å². The van der Waals surface area contributed by atoms with Crippen LogP contribution in [0.5, 0.6) is 0 Å². The normalized spacial score (nSPS) is 12.2. The Morgan fingerprint density at radius 1 is 0.425 bits per heavy atom. The van der Waals surface area contributed by atoms with Gasteiger partial charge in [-0.15, -0.1) is 0 Å². The topological polar surface area (TPSA) is 74.0 Å². The maximum atomic E-state index is 7.36. The molecule has 2 N–H and O–H groups in total. The number of nitrogens with zero attached hydrogens (tertiary/aromatic N) is 3. The number of nitrogens with one attached hydrogen (secondary N) is 2. The number of aliphatic imine (C=N–C) groups is 1. The molecule has 80 heavy (non-hydrogen) atoms. The lowest BCUT2D eigenvalue weighted by Crippen LogP contribution is -2.26. The molecule has 14 rings (SSSR count). The fraction of sp³-hybridized carbons (Fsp3) is 0.0667. The summed E-state index contributed by atoms with van der Waals surface area (Å²) in [6, 6.07) is 86.3. The van der Waals surface area contributed by atoms with Gasteiger partial charge in [0.2, 0.25) is 0 Å².